The minimum Gasteiger partial charge on any atom is -0.0625 e. The maximum atomic E-state index is 2.35. The molecule has 0 saturated carbocycles. The van der Waals surface area contributed by atoms with Gasteiger partial charge in [-0.05, 0) is 11.1 Å². The Morgan fingerprint density at radius 3 is 0.658 bits per heavy atom. The topological polar surface area (TPSA) is 0 Å². The van der Waals surface area contributed by atoms with Gasteiger partial charge in [0.15, 0.2) is 0 Å². The van der Waals surface area contributed by atoms with Gasteiger partial charge in [-0.1, -0.05) is 201 Å². The van der Waals surface area contributed by atoms with Crippen LogP contribution < -0.4 is 31.1 Å². The summed E-state index contributed by atoms with van der Waals surface area (Å²) in [5.41, 5.74) is 2.54. The van der Waals surface area contributed by atoms with Crippen molar-refractivity contribution >= 4 is 48.7 Å². The van der Waals surface area contributed by atoms with Gasteiger partial charge in [-0.25, -0.2) is 0 Å². The largest absolute Gasteiger partial charge is 0.132 e. The van der Waals surface area contributed by atoms with Gasteiger partial charge in [0.1, 0.15) is 17.6 Å². The Hall–Kier alpha value is -4.25. The molecule has 0 saturated heterocycles. The van der Waals surface area contributed by atoms with Crippen LogP contribution in [0, 0.1) is 0 Å². The van der Waals surface area contributed by atoms with Crippen LogP contribution in [0.3, 0.4) is 0 Å². The first-order chi connectivity index (χ1) is 18.9. The lowest BCUT2D eigenvalue weighted by Crippen LogP contribution is -2.51. The second-order valence-electron chi connectivity index (χ2n) is 9.75. The molecule has 0 heterocycles. The summed E-state index contributed by atoms with van der Waals surface area (Å²) in [5.74, 6) is 0. The van der Waals surface area contributed by atoms with Crippen molar-refractivity contribution in [3.05, 3.63) is 170 Å². The van der Waals surface area contributed by atoms with Gasteiger partial charge in [0.25, 0.3) is 0 Å². The summed E-state index contributed by atoms with van der Waals surface area (Å²) in [6.07, 6.45) is 0. The highest BCUT2D eigenvalue weighted by Gasteiger charge is 2.20. The molecule has 182 valence electrons. The Bertz CT molecular complexity index is 1360. The van der Waals surface area contributed by atoms with E-state index < -0.39 is 17.6 Å². The van der Waals surface area contributed by atoms with E-state index in [1.807, 2.05) is 0 Å². The zero-order valence-corrected chi connectivity index (χ0v) is 23.6. The van der Waals surface area contributed by atoms with Gasteiger partial charge in [0.2, 0.25) is 0 Å². The summed E-state index contributed by atoms with van der Waals surface area (Å²) in [6, 6.07) is 62.7. The van der Waals surface area contributed by atoms with Gasteiger partial charge in [-0.2, -0.15) is 0 Å². The smallest absolute Gasteiger partial charge is 0.0625 e. The number of hydrogen-bond donors (Lipinski definition) is 0. The van der Waals surface area contributed by atoms with E-state index >= 15 is 0 Å². The van der Waals surface area contributed by atoms with Crippen LogP contribution >= 0.6 is 0 Å². The lowest BCUT2D eigenvalue weighted by molar-refractivity contribution is 1.64. The average Bonchev–Trinajstić information content (AvgIpc) is 3.00. The first-order valence-electron chi connectivity index (χ1n) is 13.3. The molecule has 0 aliphatic heterocycles. The summed E-state index contributed by atoms with van der Waals surface area (Å²) in [5, 5.41) is 8.70. The first-order valence-corrected chi connectivity index (χ1v) is 16.7. The van der Waals surface area contributed by atoms with Crippen LogP contribution in [0.1, 0.15) is 0 Å². The molecule has 0 aliphatic carbocycles. The molecule has 0 aromatic heterocycles. The monoisotopic (exact) mass is 518 g/mol. The standard InChI is InChI=1S/C36H30Si2/c1-5-13-31(14-6-1)37(32-15-7-2-8-16-32)35-25-21-29(22-26-35)30-23-27-36(28-24-30)38(33-17-9-3-10-18-33)34-19-11-4-12-20-34/h1-28,37-38H. The minimum absolute atomic E-state index is 1.27. The van der Waals surface area contributed by atoms with Crippen molar-refractivity contribution in [3.8, 4) is 11.1 Å². The normalized spacial score (nSPS) is 11.1. The van der Waals surface area contributed by atoms with E-state index in [0.717, 1.165) is 0 Å². The number of hydrogen-bond acceptors (Lipinski definition) is 0. The molecule has 0 aliphatic rings. The van der Waals surface area contributed by atoms with Gasteiger partial charge < -0.3 is 0 Å². The summed E-state index contributed by atoms with van der Waals surface area (Å²) in [7, 11) is -3.02. The van der Waals surface area contributed by atoms with Crippen LogP contribution in [0.15, 0.2) is 170 Å². The summed E-state index contributed by atoms with van der Waals surface area (Å²) >= 11 is 0. The molecule has 0 bridgehead atoms. The maximum Gasteiger partial charge on any atom is 0.132 e. The van der Waals surface area contributed by atoms with Crippen LogP contribution in [0.25, 0.3) is 11.1 Å². The average molecular weight is 519 g/mol. The molecule has 6 aromatic rings. The van der Waals surface area contributed by atoms with E-state index in [1.165, 1.54) is 42.2 Å². The van der Waals surface area contributed by atoms with E-state index in [0.29, 0.717) is 0 Å². The van der Waals surface area contributed by atoms with Crippen molar-refractivity contribution < 1.29 is 0 Å². The van der Waals surface area contributed by atoms with Crippen molar-refractivity contribution in [2.24, 2.45) is 0 Å². The minimum atomic E-state index is -1.51. The maximum absolute atomic E-state index is 2.35. The molecule has 0 spiro atoms. The third kappa shape index (κ3) is 5.23. The van der Waals surface area contributed by atoms with E-state index in [4.69, 9.17) is 0 Å². The highest BCUT2D eigenvalue weighted by atomic mass is 28.3. The van der Waals surface area contributed by atoms with Gasteiger partial charge in [0, 0.05) is 0 Å². The fraction of sp³-hybridized carbons (Fsp3) is 0. The van der Waals surface area contributed by atoms with Crippen LogP contribution in [0.2, 0.25) is 0 Å². The molecule has 0 radical (unpaired) electrons. The predicted octanol–water partition coefficient (Wildman–Crippen LogP) is 3.85. The molecule has 2 heteroatoms. The Kier molecular flexibility index (Phi) is 7.25. The number of rotatable bonds is 7. The van der Waals surface area contributed by atoms with Crippen molar-refractivity contribution in [1.29, 1.82) is 0 Å². The molecule has 0 nitrogen and oxygen atoms in total. The van der Waals surface area contributed by atoms with Crippen LogP contribution in [-0.4, -0.2) is 17.6 Å². The van der Waals surface area contributed by atoms with Gasteiger partial charge in [0.05, 0.1) is 0 Å². The molecule has 6 rings (SSSR count). The zero-order valence-electron chi connectivity index (χ0n) is 21.3. The van der Waals surface area contributed by atoms with E-state index in [-0.39, 0.29) is 0 Å². The second-order valence-corrected chi connectivity index (χ2v) is 15.5. The SMILES string of the molecule is c1ccc([SiH](c2ccccc2)c2ccc(-c3ccc([SiH](c4ccccc4)c4ccccc4)cc3)cc2)cc1. The summed E-state index contributed by atoms with van der Waals surface area (Å²) in [6.45, 7) is 0. The highest BCUT2D eigenvalue weighted by molar-refractivity contribution is 6.96. The molecule has 0 N–H and O–H groups in total. The van der Waals surface area contributed by atoms with Crippen molar-refractivity contribution in [2.75, 3.05) is 0 Å². The van der Waals surface area contributed by atoms with E-state index in [9.17, 15) is 0 Å². The van der Waals surface area contributed by atoms with Crippen LogP contribution in [-0.2, 0) is 0 Å². The van der Waals surface area contributed by atoms with Gasteiger partial charge in [-0.15, -0.1) is 0 Å². The van der Waals surface area contributed by atoms with Crippen LogP contribution in [0.5, 0.6) is 0 Å². The molecular weight excluding hydrogens is 489 g/mol. The molecular formula is C36H30Si2. The highest BCUT2D eigenvalue weighted by Crippen LogP contribution is 2.17. The summed E-state index contributed by atoms with van der Waals surface area (Å²) < 4.78 is 0. The van der Waals surface area contributed by atoms with E-state index in [1.54, 1.807) is 0 Å². The van der Waals surface area contributed by atoms with Gasteiger partial charge >= 0.3 is 0 Å². The zero-order chi connectivity index (χ0) is 25.6. The van der Waals surface area contributed by atoms with E-state index in [2.05, 4.69) is 170 Å². The lowest BCUT2D eigenvalue weighted by atomic mass is 10.1. The van der Waals surface area contributed by atoms with Crippen molar-refractivity contribution in [2.45, 2.75) is 0 Å². The van der Waals surface area contributed by atoms with Crippen LogP contribution in [0.4, 0.5) is 0 Å². The molecule has 0 atom stereocenters. The Labute approximate surface area is 229 Å². The fourth-order valence-corrected chi connectivity index (χ4v) is 11.4. The van der Waals surface area contributed by atoms with Crippen molar-refractivity contribution in [1.82, 2.24) is 0 Å². The van der Waals surface area contributed by atoms with Gasteiger partial charge in [-0.3, -0.25) is 0 Å². The van der Waals surface area contributed by atoms with Crippen molar-refractivity contribution in [3.63, 3.8) is 0 Å². The first kappa shape index (κ1) is 24.1. The summed E-state index contributed by atoms with van der Waals surface area (Å²) in [4.78, 5) is 0. The Balaban J connectivity index is 1.31. The second kappa shape index (κ2) is 11.4. The number of benzene rings is 6. The lowest BCUT2D eigenvalue weighted by Gasteiger charge is -2.18. The quantitative estimate of drug-likeness (QED) is 0.223. The molecule has 0 unspecified atom stereocenters. The fourth-order valence-electron chi connectivity index (χ4n) is 5.47. The molecule has 38 heavy (non-hydrogen) atoms. The Morgan fingerprint density at radius 2 is 0.421 bits per heavy atom. The molecule has 6 aromatic carbocycles. The predicted molar refractivity (Wildman–Crippen MR) is 170 cm³/mol. The Morgan fingerprint density at radius 1 is 0.211 bits per heavy atom. The molecule has 0 fully saturated rings. The molecule has 0 amide bonds. The third-order valence-electron chi connectivity index (χ3n) is 7.35. The third-order valence-corrected chi connectivity index (χ3v) is 13.7.